The van der Waals surface area contributed by atoms with Crippen LogP contribution in [-0.2, 0) is 11.3 Å². The third-order valence-corrected chi connectivity index (χ3v) is 6.02. The number of ether oxygens (including phenoxy) is 1. The van der Waals surface area contributed by atoms with Gasteiger partial charge in [0.05, 0.1) is 31.0 Å². The van der Waals surface area contributed by atoms with Crippen LogP contribution in [0.5, 0.6) is 11.5 Å². The van der Waals surface area contributed by atoms with E-state index in [0.717, 1.165) is 15.8 Å². The number of amidine groups is 1. The van der Waals surface area contributed by atoms with Crippen molar-refractivity contribution in [3.05, 3.63) is 87.1 Å². The standard InChI is InChI=1S/C23H18BrN3O4S/c1-30-18-7-4-15(5-8-18)11-21-22(29)27(14-19-3-2-10-31-19)23(32-21)26-25-13-16-12-17(24)6-9-20(16)28/h2-13,28H,14H2,1H3/b21-11-,25-13-,26-23+. The number of phenolic OH excluding ortho intramolecular Hbond substituents is 1. The Bertz CT molecular complexity index is 1200. The number of carbonyl (C=O) groups excluding carboxylic acids is 1. The Morgan fingerprint density at radius 2 is 2.03 bits per heavy atom. The molecule has 0 radical (unpaired) electrons. The number of rotatable bonds is 6. The molecule has 0 unspecified atom stereocenters. The van der Waals surface area contributed by atoms with Gasteiger partial charge in [0.2, 0.25) is 0 Å². The number of thioether (sulfide) groups is 1. The van der Waals surface area contributed by atoms with Gasteiger partial charge in [-0.05, 0) is 65.9 Å². The summed E-state index contributed by atoms with van der Waals surface area (Å²) in [6.07, 6.45) is 4.80. The molecule has 3 aromatic rings. The fourth-order valence-corrected chi connectivity index (χ4v) is 4.21. The van der Waals surface area contributed by atoms with Gasteiger partial charge in [-0.2, -0.15) is 5.10 Å². The Balaban J connectivity index is 1.62. The highest BCUT2D eigenvalue weighted by Gasteiger charge is 2.34. The van der Waals surface area contributed by atoms with Gasteiger partial charge in [0.25, 0.3) is 5.91 Å². The molecular weight excluding hydrogens is 494 g/mol. The van der Waals surface area contributed by atoms with Gasteiger partial charge in [0.15, 0.2) is 5.17 Å². The van der Waals surface area contributed by atoms with E-state index in [4.69, 9.17) is 9.15 Å². The lowest BCUT2D eigenvalue weighted by molar-refractivity contribution is -0.122. The first-order chi connectivity index (χ1) is 15.5. The zero-order valence-corrected chi connectivity index (χ0v) is 19.3. The van der Waals surface area contributed by atoms with Gasteiger partial charge in [-0.15, -0.1) is 5.10 Å². The van der Waals surface area contributed by atoms with Crippen molar-refractivity contribution in [1.82, 2.24) is 4.90 Å². The van der Waals surface area contributed by atoms with Crippen LogP contribution in [0.1, 0.15) is 16.9 Å². The van der Waals surface area contributed by atoms with Crippen LogP contribution in [0.15, 0.2) is 84.9 Å². The third kappa shape index (κ3) is 5.12. The maximum Gasteiger partial charge on any atom is 0.267 e. The van der Waals surface area contributed by atoms with Gasteiger partial charge in [0, 0.05) is 10.0 Å². The summed E-state index contributed by atoms with van der Waals surface area (Å²) in [5, 5.41) is 18.7. The summed E-state index contributed by atoms with van der Waals surface area (Å²) in [6.45, 7) is 0.231. The number of halogens is 1. The highest BCUT2D eigenvalue weighted by Crippen LogP contribution is 2.34. The van der Waals surface area contributed by atoms with Gasteiger partial charge in [0.1, 0.15) is 17.3 Å². The molecule has 1 fully saturated rings. The molecule has 1 amide bonds. The number of phenols is 1. The molecule has 7 nitrogen and oxygen atoms in total. The Kier molecular flexibility index (Phi) is 6.77. The van der Waals surface area contributed by atoms with Gasteiger partial charge in [-0.25, -0.2) is 0 Å². The van der Waals surface area contributed by atoms with Crippen LogP contribution in [-0.4, -0.2) is 34.4 Å². The number of amides is 1. The number of aromatic hydroxyl groups is 1. The average Bonchev–Trinajstić information content (AvgIpc) is 3.41. The monoisotopic (exact) mass is 511 g/mol. The smallest absolute Gasteiger partial charge is 0.267 e. The molecule has 9 heteroatoms. The van der Waals surface area contributed by atoms with Crippen molar-refractivity contribution in [3.8, 4) is 11.5 Å². The molecule has 2 heterocycles. The normalized spacial score (nSPS) is 16.6. The van der Waals surface area contributed by atoms with Crippen molar-refractivity contribution in [1.29, 1.82) is 0 Å². The van der Waals surface area contributed by atoms with E-state index in [2.05, 4.69) is 26.1 Å². The molecule has 162 valence electrons. The van der Waals surface area contributed by atoms with Gasteiger partial charge in [-0.3, -0.25) is 9.69 Å². The molecule has 1 aliphatic heterocycles. The lowest BCUT2D eigenvalue weighted by atomic mass is 10.2. The summed E-state index contributed by atoms with van der Waals surface area (Å²) in [5.41, 5.74) is 1.37. The summed E-state index contributed by atoms with van der Waals surface area (Å²) in [6, 6.07) is 16.0. The molecular formula is C23H18BrN3O4S. The van der Waals surface area contributed by atoms with Crippen LogP contribution in [0, 0.1) is 0 Å². The Labute approximate surface area is 197 Å². The van der Waals surface area contributed by atoms with Gasteiger partial charge < -0.3 is 14.3 Å². The first-order valence-corrected chi connectivity index (χ1v) is 11.1. The van der Waals surface area contributed by atoms with Crippen LogP contribution in [0.2, 0.25) is 0 Å². The summed E-state index contributed by atoms with van der Waals surface area (Å²) in [4.78, 5) is 15.1. The maximum absolute atomic E-state index is 13.1. The highest BCUT2D eigenvalue weighted by atomic mass is 79.9. The largest absolute Gasteiger partial charge is 0.507 e. The fourth-order valence-electron chi connectivity index (χ4n) is 2.90. The topological polar surface area (TPSA) is 87.6 Å². The van der Waals surface area contributed by atoms with Crippen LogP contribution in [0.3, 0.4) is 0 Å². The first-order valence-electron chi connectivity index (χ1n) is 9.51. The molecule has 1 saturated heterocycles. The van der Waals surface area contributed by atoms with Crippen molar-refractivity contribution >= 4 is 51.1 Å². The van der Waals surface area contributed by atoms with Crippen LogP contribution in [0.25, 0.3) is 6.08 Å². The quantitative estimate of drug-likeness (QED) is 0.277. The molecule has 4 rings (SSSR count). The number of hydrogen-bond acceptors (Lipinski definition) is 7. The van der Waals surface area contributed by atoms with Crippen LogP contribution >= 0.6 is 27.7 Å². The SMILES string of the molecule is COc1ccc(/C=C2\S/C(=N/N=C\c3cc(Br)ccc3O)N(Cc3ccco3)C2=O)cc1. The van der Waals surface area contributed by atoms with E-state index in [0.29, 0.717) is 21.4 Å². The van der Waals surface area contributed by atoms with E-state index < -0.39 is 0 Å². The van der Waals surface area contributed by atoms with Gasteiger partial charge in [-0.1, -0.05) is 28.1 Å². The van der Waals surface area contributed by atoms with Crippen LogP contribution in [0.4, 0.5) is 0 Å². The summed E-state index contributed by atoms with van der Waals surface area (Å²) < 4.78 is 11.4. The van der Waals surface area contributed by atoms with E-state index >= 15 is 0 Å². The minimum absolute atomic E-state index is 0.0832. The zero-order valence-electron chi connectivity index (χ0n) is 16.9. The third-order valence-electron chi connectivity index (χ3n) is 4.53. The maximum atomic E-state index is 13.1. The number of benzene rings is 2. The zero-order chi connectivity index (χ0) is 22.5. The summed E-state index contributed by atoms with van der Waals surface area (Å²) >= 11 is 4.59. The molecule has 0 aliphatic carbocycles. The Morgan fingerprint density at radius 3 is 2.75 bits per heavy atom. The van der Waals surface area contributed by atoms with Crippen molar-refractivity contribution in [3.63, 3.8) is 0 Å². The second-order valence-electron chi connectivity index (χ2n) is 6.68. The minimum Gasteiger partial charge on any atom is -0.507 e. The molecule has 0 atom stereocenters. The first kappa shape index (κ1) is 21.9. The number of furan rings is 1. The second kappa shape index (κ2) is 9.88. The van der Waals surface area contributed by atoms with E-state index in [-0.39, 0.29) is 18.2 Å². The second-order valence-corrected chi connectivity index (χ2v) is 8.61. The molecule has 1 aliphatic rings. The predicted molar refractivity (Wildman–Crippen MR) is 129 cm³/mol. The number of nitrogens with zero attached hydrogens (tertiary/aromatic N) is 3. The molecule has 1 N–H and O–H groups in total. The molecule has 32 heavy (non-hydrogen) atoms. The van der Waals surface area contributed by atoms with Crippen LogP contribution < -0.4 is 4.74 Å². The van der Waals surface area contributed by atoms with Crippen molar-refractivity contribution < 1.29 is 19.1 Å². The number of hydrogen-bond donors (Lipinski definition) is 1. The molecule has 0 bridgehead atoms. The summed E-state index contributed by atoms with van der Waals surface area (Å²) in [7, 11) is 1.60. The number of carbonyl (C=O) groups is 1. The molecule has 0 spiro atoms. The number of methoxy groups -OCH3 is 1. The molecule has 1 aromatic heterocycles. The van der Waals surface area contributed by atoms with E-state index in [1.165, 1.54) is 22.9 Å². The average molecular weight is 512 g/mol. The molecule has 2 aromatic carbocycles. The lowest BCUT2D eigenvalue weighted by Gasteiger charge is -2.12. The van der Waals surface area contributed by atoms with E-state index in [9.17, 15) is 9.90 Å². The van der Waals surface area contributed by atoms with Crippen molar-refractivity contribution in [2.45, 2.75) is 6.54 Å². The van der Waals surface area contributed by atoms with Gasteiger partial charge >= 0.3 is 0 Å². The Hall–Kier alpha value is -3.30. The fraction of sp³-hybridized carbons (Fsp3) is 0.0870. The Morgan fingerprint density at radius 1 is 1.22 bits per heavy atom. The predicted octanol–water partition coefficient (Wildman–Crippen LogP) is 5.26. The van der Waals surface area contributed by atoms with Crippen molar-refractivity contribution in [2.24, 2.45) is 10.2 Å². The van der Waals surface area contributed by atoms with E-state index in [1.807, 2.05) is 24.3 Å². The van der Waals surface area contributed by atoms with Crippen molar-refractivity contribution in [2.75, 3.05) is 7.11 Å². The minimum atomic E-state index is -0.193. The highest BCUT2D eigenvalue weighted by molar-refractivity contribution is 9.10. The van der Waals surface area contributed by atoms with E-state index in [1.54, 1.807) is 49.8 Å². The lowest BCUT2D eigenvalue weighted by Crippen LogP contribution is -2.28. The molecule has 0 saturated carbocycles. The summed E-state index contributed by atoms with van der Waals surface area (Å²) in [5.74, 6) is 1.26.